The summed E-state index contributed by atoms with van der Waals surface area (Å²) in [6.07, 6.45) is 2.16. The van der Waals surface area contributed by atoms with E-state index in [0.29, 0.717) is 18.8 Å². The van der Waals surface area contributed by atoms with Crippen molar-refractivity contribution < 1.29 is 13.6 Å². The van der Waals surface area contributed by atoms with Crippen LogP contribution in [0.5, 0.6) is 0 Å². The van der Waals surface area contributed by atoms with Gasteiger partial charge in [0.25, 0.3) is 0 Å². The average Bonchev–Trinajstić information content (AvgIpc) is 2.34. The summed E-state index contributed by atoms with van der Waals surface area (Å²) >= 11 is 0. The lowest BCUT2D eigenvalue weighted by atomic mass is 9.70. The van der Waals surface area contributed by atoms with Gasteiger partial charge in [-0.05, 0) is 24.2 Å². The first-order valence-electron chi connectivity index (χ1n) is 5.21. The smallest absolute Gasteiger partial charge is 0.159 e. The maximum Gasteiger partial charge on any atom is 0.159 e. The van der Waals surface area contributed by atoms with E-state index < -0.39 is 15.4 Å². The van der Waals surface area contributed by atoms with Crippen molar-refractivity contribution in [1.82, 2.24) is 0 Å². The molecular formula is C10H17NO3S. The molecule has 2 saturated carbocycles. The molecule has 5 heteroatoms. The molecule has 0 heterocycles. The molecule has 2 rings (SSSR count). The van der Waals surface area contributed by atoms with Gasteiger partial charge in [0.15, 0.2) is 10.0 Å². The number of Topliss-reactive ketones (excluding diaryl/α,β-unsaturated/α-hetero) is 1. The summed E-state index contributed by atoms with van der Waals surface area (Å²) in [5.74, 6) is 0.257. The van der Waals surface area contributed by atoms with Gasteiger partial charge in [0.2, 0.25) is 0 Å². The molecule has 0 saturated heterocycles. The van der Waals surface area contributed by atoms with Gasteiger partial charge in [-0.25, -0.2) is 8.99 Å². The van der Waals surface area contributed by atoms with Crippen LogP contribution in [0, 0.1) is 21.5 Å². The zero-order valence-corrected chi connectivity index (χ0v) is 9.89. The van der Waals surface area contributed by atoms with Crippen molar-refractivity contribution in [3.05, 3.63) is 0 Å². The number of carbonyl (C=O) groups excluding carboxylic acids is 1. The standard InChI is InChI=1S/C10H17NO3S/c1-9(2)7-3-4-10(9,8(12)5-7)6-15(11,13)14/h7H,3-6H2,1-2H3,(H2,11,13,14). The highest BCUT2D eigenvalue weighted by Gasteiger charge is 2.64. The second-order valence-corrected chi connectivity index (χ2v) is 7.02. The zero-order valence-electron chi connectivity index (χ0n) is 9.08. The normalized spacial score (nSPS) is 41.8. The van der Waals surface area contributed by atoms with Crippen molar-refractivity contribution in [2.45, 2.75) is 33.1 Å². The van der Waals surface area contributed by atoms with Gasteiger partial charge in [0, 0.05) is 11.8 Å². The molecule has 86 valence electrons. The fourth-order valence-corrected chi connectivity index (χ4v) is 4.79. The predicted molar refractivity (Wildman–Crippen MR) is 56.9 cm³/mol. The van der Waals surface area contributed by atoms with Gasteiger partial charge >= 0.3 is 0 Å². The van der Waals surface area contributed by atoms with Crippen LogP contribution in [0.3, 0.4) is 0 Å². The van der Waals surface area contributed by atoms with E-state index in [4.69, 9.17) is 4.78 Å². The van der Waals surface area contributed by atoms with Crippen molar-refractivity contribution in [1.29, 1.82) is 4.78 Å². The van der Waals surface area contributed by atoms with Crippen LogP contribution >= 0.6 is 0 Å². The van der Waals surface area contributed by atoms with Gasteiger partial charge in [0.05, 0.1) is 5.75 Å². The molecule has 0 spiro atoms. The van der Waals surface area contributed by atoms with Crippen LogP contribution in [0.4, 0.5) is 0 Å². The zero-order chi connectivity index (χ0) is 11.5. The van der Waals surface area contributed by atoms with E-state index in [1.165, 1.54) is 0 Å². The Morgan fingerprint density at radius 1 is 1.60 bits per heavy atom. The monoisotopic (exact) mass is 231 g/mol. The van der Waals surface area contributed by atoms with Gasteiger partial charge < -0.3 is 4.55 Å². The Labute approximate surface area is 90.2 Å². The summed E-state index contributed by atoms with van der Waals surface area (Å²) in [6, 6.07) is 0. The molecule has 2 bridgehead atoms. The summed E-state index contributed by atoms with van der Waals surface area (Å²) in [7, 11) is -3.58. The second-order valence-electron chi connectivity index (χ2n) is 5.45. The third-order valence-electron chi connectivity index (χ3n) is 4.58. The number of carbonyl (C=O) groups is 1. The second kappa shape index (κ2) is 2.83. The Morgan fingerprint density at radius 2 is 2.20 bits per heavy atom. The Hall–Kier alpha value is -0.420. The first-order valence-corrected chi connectivity index (χ1v) is 6.90. The lowest BCUT2D eigenvalue weighted by Crippen LogP contribution is -2.41. The highest BCUT2D eigenvalue weighted by atomic mass is 32.2. The highest BCUT2D eigenvalue weighted by Crippen LogP contribution is 2.64. The first kappa shape index (κ1) is 11.1. The Morgan fingerprint density at radius 3 is 2.53 bits per heavy atom. The van der Waals surface area contributed by atoms with E-state index >= 15 is 0 Å². The Balaban J connectivity index is 2.45. The Kier molecular flexibility index (Phi) is 2.09. The van der Waals surface area contributed by atoms with Crippen LogP contribution < -0.4 is 0 Å². The molecule has 3 unspecified atom stereocenters. The molecule has 2 aliphatic carbocycles. The van der Waals surface area contributed by atoms with E-state index in [2.05, 4.69) is 0 Å². The van der Waals surface area contributed by atoms with E-state index in [-0.39, 0.29) is 17.0 Å². The molecule has 0 aromatic carbocycles. The lowest BCUT2D eigenvalue weighted by Gasteiger charge is -2.35. The van der Waals surface area contributed by atoms with Gasteiger partial charge in [-0.15, -0.1) is 0 Å². The van der Waals surface area contributed by atoms with Crippen LogP contribution in [-0.2, 0) is 14.8 Å². The fraction of sp³-hybridized carbons (Fsp3) is 0.900. The molecule has 3 atom stereocenters. The van der Waals surface area contributed by atoms with Crippen molar-refractivity contribution in [2.75, 3.05) is 5.75 Å². The quantitative estimate of drug-likeness (QED) is 0.762. The molecule has 0 aliphatic heterocycles. The van der Waals surface area contributed by atoms with Gasteiger partial charge in [-0.1, -0.05) is 13.8 Å². The third-order valence-corrected chi connectivity index (χ3v) is 5.47. The number of ketones is 1. The van der Waals surface area contributed by atoms with Crippen LogP contribution in [-0.4, -0.2) is 20.3 Å². The van der Waals surface area contributed by atoms with E-state index in [0.717, 1.165) is 6.42 Å². The van der Waals surface area contributed by atoms with Gasteiger partial charge in [-0.2, -0.15) is 0 Å². The van der Waals surface area contributed by atoms with Crippen LogP contribution in [0.15, 0.2) is 0 Å². The molecule has 4 nitrogen and oxygen atoms in total. The van der Waals surface area contributed by atoms with Crippen molar-refractivity contribution >= 4 is 15.8 Å². The number of hydrogen-bond donors (Lipinski definition) is 2. The average molecular weight is 231 g/mol. The first-order chi connectivity index (χ1) is 6.69. The lowest BCUT2D eigenvalue weighted by molar-refractivity contribution is -0.128. The van der Waals surface area contributed by atoms with E-state index in [9.17, 15) is 13.6 Å². The fourth-order valence-electron chi connectivity index (χ4n) is 3.44. The minimum Gasteiger partial charge on any atom is -0.300 e. The maximum atomic E-state index is 11.9. The minimum atomic E-state index is -3.58. The van der Waals surface area contributed by atoms with E-state index in [1.807, 2.05) is 13.8 Å². The third kappa shape index (κ3) is 1.36. The van der Waals surface area contributed by atoms with Crippen molar-refractivity contribution in [3.63, 3.8) is 0 Å². The molecule has 2 aliphatic rings. The molecule has 2 fully saturated rings. The summed E-state index contributed by atoms with van der Waals surface area (Å²) < 4.78 is 27.6. The topological polar surface area (TPSA) is 78.2 Å². The SMILES string of the molecule is CC1(C)C2CCC1(CS(=N)(=O)O)C(=O)C2. The number of fused-ring (bicyclic) bond motifs is 2. The van der Waals surface area contributed by atoms with Gasteiger partial charge in [0.1, 0.15) is 5.78 Å². The largest absolute Gasteiger partial charge is 0.300 e. The van der Waals surface area contributed by atoms with Crippen LogP contribution in [0.25, 0.3) is 0 Å². The summed E-state index contributed by atoms with van der Waals surface area (Å²) in [6.45, 7) is 4.00. The number of nitrogens with one attached hydrogen (secondary N) is 1. The summed E-state index contributed by atoms with van der Waals surface area (Å²) in [4.78, 5) is 11.9. The number of hydrogen-bond acceptors (Lipinski definition) is 3. The predicted octanol–water partition coefficient (Wildman–Crippen LogP) is 1.90. The molecular weight excluding hydrogens is 214 g/mol. The summed E-state index contributed by atoms with van der Waals surface area (Å²) in [5, 5.41) is 0. The summed E-state index contributed by atoms with van der Waals surface area (Å²) in [5.41, 5.74) is -0.915. The maximum absolute atomic E-state index is 11.9. The molecule has 2 N–H and O–H groups in total. The molecule has 0 aromatic rings. The van der Waals surface area contributed by atoms with Crippen LogP contribution in [0.2, 0.25) is 0 Å². The Bertz CT molecular complexity index is 412. The minimum absolute atomic E-state index is 0.0952. The highest BCUT2D eigenvalue weighted by molar-refractivity contribution is 7.86. The number of rotatable bonds is 2. The van der Waals surface area contributed by atoms with Crippen molar-refractivity contribution in [3.8, 4) is 0 Å². The van der Waals surface area contributed by atoms with Crippen LogP contribution in [0.1, 0.15) is 33.1 Å². The molecule has 0 aromatic heterocycles. The van der Waals surface area contributed by atoms with Gasteiger partial charge in [-0.3, -0.25) is 4.79 Å². The van der Waals surface area contributed by atoms with E-state index in [1.54, 1.807) is 0 Å². The molecule has 15 heavy (non-hydrogen) atoms. The molecule has 0 radical (unpaired) electrons. The molecule has 0 amide bonds. The van der Waals surface area contributed by atoms with Crippen molar-refractivity contribution in [2.24, 2.45) is 16.7 Å².